The van der Waals surface area contributed by atoms with Crippen LogP contribution < -0.4 is 10.0 Å². The second-order valence-electron chi connectivity index (χ2n) is 5.94. The monoisotopic (exact) mass is 441 g/mol. The SMILES string of the molecule is O=C(Nc1nc(-c2ccccc2)cs1)c1ccccc1NS(=O)(=O)c1cccs1. The van der Waals surface area contributed by atoms with Crippen molar-refractivity contribution in [2.75, 3.05) is 10.0 Å². The maximum atomic E-state index is 12.8. The normalized spacial score (nSPS) is 11.2. The summed E-state index contributed by atoms with van der Waals surface area (Å²) in [4.78, 5) is 17.2. The number of para-hydroxylation sites is 1. The van der Waals surface area contributed by atoms with Crippen LogP contribution in [0.25, 0.3) is 11.3 Å². The molecule has 4 rings (SSSR count). The van der Waals surface area contributed by atoms with Gasteiger partial charge in [0.05, 0.1) is 16.9 Å². The van der Waals surface area contributed by atoms with Gasteiger partial charge in [-0.2, -0.15) is 0 Å². The molecule has 2 aromatic carbocycles. The van der Waals surface area contributed by atoms with Crippen LogP contribution in [0.4, 0.5) is 10.8 Å². The number of rotatable bonds is 6. The number of aromatic nitrogens is 1. The first kappa shape index (κ1) is 19.3. The molecule has 0 aliphatic heterocycles. The molecule has 0 saturated heterocycles. The van der Waals surface area contributed by atoms with Gasteiger partial charge in [-0.25, -0.2) is 13.4 Å². The average Bonchev–Trinajstić information content (AvgIpc) is 3.41. The number of benzene rings is 2. The first-order valence-electron chi connectivity index (χ1n) is 8.50. The summed E-state index contributed by atoms with van der Waals surface area (Å²) in [5.41, 5.74) is 2.13. The van der Waals surface area contributed by atoms with Crippen LogP contribution in [0.3, 0.4) is 0 Å². The number of hydrogen-bond acceptors (Lipinski definition) is 6. The number of nitrogens with one attached hydrogen (secondary N) is 2. The first-order valence-corrected chi connectivity index (χ1v) is 11.7. The summed E-state index contributed by atoms with van der Waals surface area (Å²) in [6, 6.07) is 19.3. The van der Waals surface area contributed by atoms with Crippen LogP contribution in [0.2, 0.25) is 0 Å². The van der Waals surface area contributed by atoms with Gasteiger partial charge in [-0.15, -0.1) is 22.7 Å². The van der Waals surface area contributed by atoms with Gasteiger partial charge in [0.2, 0.25) is 0 Å². The Labute approximate surface area is 175 Å². The van der Waals surface area contributed by atoms with Gasteiger partial charge in [0.1, 0.15) is 4.21 Å². The Hall–Kier alpha value is -3.01. The smallest absolute Gasteiger partial charge is 0.271 e. The van der Waals surface area contributed by atoms with Crippen molar-refractivity contribution in [3.8, 4) is 11.3 Å². The molecule has 9 heteroatoms. The zero-order valence-electron chi connectivity index (χ0n) is 14.9. The van der Waals surface area contributed by atoms with Gasteiger partial charge in [0.25, 0.3) is 15.9 Å². The lowest BCUT2D eigenvalue weighted by atomic mass is 10.2. The molecule has 0 radical (unpaired) electrons. The van der Waals surface area contributed by atoms with Crippen LogP contribution in [-0.4, -0.2) is 19.3 Å². The van der Waals surface area contributed by atoms with Crippen molar-refractivity contribution in [2.45, 2.75) is 4.21 Å². The summed E-state index contributed by atoms with van der Waals surface area (Å²) in [6.45, 7) is 0. The van der Waals surface area contributed by atoms with Crippen molar-refractivity contribution in [3.63, 3.8) is 0 Å². The summed E-state index contributed by atoms with van der Waals surface area (Å²) in [5, 5.41) is 6.72. The zero-order chi connectivity index (χ0) is 20.3. The summed E-state index contributed by atoms with van der Waals surface area (Å²) in [7, 11) is -3.76. The largest absolute Gasteiger partial charge is 0.298 e. The van der Waals surface area contributed by atoms with E-state index >= 15 is 0 Å². The maximum absolute atomic E-state index is 12.8. The third-order valence-corrected chi connectivity index (χ3v) is 7.49. The highest BCUT2D eigenvalue weighted by atomic mass is 32.2. The lowest BCUT2D eigenvalue weighted by molar-refractivity contribution is 0.102. The molecule has 2 aromatic heterocycles. The Morgan fingerprint density at radius 3 is 2.41 bits per heavy atom. The highest BCUT2D eigenvalue weighted by Crippen LogP contribution is 2.27. The average molecular weight is 442 g/mol. The van der Waals surface area contributed by atoms with E-state index in [2.05, 4.69) is 15.0 Å². The number of hydrogen-bond donors (Lipinski definition) is 2. The molecule has 0 spiro atoms. The van der Waals surface area contributed by atoms with E-state index in [9.17, 15) is 13.2 Å². The van der Waals surface area contributed by atoms with E-state index in [0.717, 1.165) is 22.6 Å². The van der Waals surface area contributed by atoms with Gasteiger partial charge >= 0.3 is 0 Å². The number of sulfonamides is 1. The summed E-state index contributed by atoms with van der Waals surface area (Å²) >= 11 is 2.41. The van der Waals surface area contributed by atoms with E-state index in [0.29, 0.717) is 5.13 Å². The number of carbonyl (C=O) groups excluding carboxylic acids is 1. The van der Waals surface area contributed by atoms with E-state index < -0.39 is 15.9 Å². The molecule has 0 atom stereocenters. The summed E-state index contributed by atoms with van der Waals surface area (Å²) in [6.07, 6.45) is 0. The summed E-state index contributed by atoms with van der Waals surface area (Å²) in [5.74, 6) is -0.441. The molecule has 0 bridgehead atoms. The third kappa shape index (κ3) is 4.37. The highest BCUT2D eigenvalue weighted by molar-refractivity contribution is 7.94. The van der Waals surface area contributed by atoms with Crippen molar-refractivity contribution < 1.29 is 13.2 Å². The molecule has 6 nitrogen and oxygen atoms in total. The predicted molar refractivity (Wildman–Crippen MR) is 117 cm³/mol. The van der Waals surface area contributed by atoms with Gasteiger partial charge in [0.15, 0.2) is 5.13 Å². The van der Waals surface area contributed by atoms with Gasteiger partial charge in [0, 0.05) is 10.9 Å². The van der Waals surface area contributed by atoms with Gasteiger partial charge in [-0.3, -0.25) is 14.8 Å². The number of carbonyl (C=O) groups is 1. The van der Waals surface area contributed by atoms with Gasteiger partial charge in [-0.05, 0) is 23.6 Å². The molecule has 0 saturated carbocycles. The van der Waals surface area contributed by atoms with Crippen molar-refractivity contribution >= 4 is 49.4 Å². The minimum absolute atomic E-state index is 0.181. The molecule has 0 unspecified atom stereocenters. The van der Waals surface area contributed by atoms with Crippen molar-refractivity contribution in [1.82, 2.24) is 4.98 Å². The molecular weight excluding hydrogens is 426 g/mol. The van der Waals surface area contributed by atoms with Crippen LogP contribution in [0.15, 0.2) is 81.7 Å². The fourth-order valence-corrected chi connectivity index (χ4v) is 5.41. The second-order valence-corrected chi connectivity index (χ2v) is 9.66. The molecule has 29 heavy (non-hydrogen) atoms. The first-order chi connectivity index (χ1) is 14.0. The summed E-state index contributed by atoms with van der Waals surface area (Å²) < 4.78 is 27.7. The number of nitrogens with zero attached hydrogens (tertiary/aromatic N) is 1. The highest BCUT2D eigenvalue weighted by Gasteiger charge is 2.20. The molecule has 146 valence electrons. The standard InChI is InChI=1S/C20H15N3O3S3/c24-19(22-20-21-17(13-28-20)14-7-2-1-3-8-14)15-9-4-5-10-16(15)23-29(25,26)18-11-6-12-27-18/h1-13,23H,(H,21,22,24). The zero-order valence-corrected chi connectivity index (χ0v) is 17.4. The van der Waals surface area contributed by atoms with E-state index in [1.807, 2.05) is 35.7 Å². The predicted octanol–water partition coefficient (Wildman–Crippen LogP) is 4.92. The Bertz CT molecular complexity index is 1230. The molecule has 1 amide bonds. The quantitative estimate of drug-likeness (QED) is 0.444. The van der Waals surface area contributed by atoms with E-state index in [1.54, 1.807) is 35.7 Å². The minimum Gasteiger partial charge on any atom is -0.298 e. The lowest BCUT2D eigenvalue weighted by Crippen LogP contribution is -2.18. The number of thiazole rings is 1. The lowest BCUT2D eigenvalue weighted by Gasteiger charge is -2.11. The van der Waals surface area contributed by atoms with E-state index in [-0.39, 0.29) is 15.5 Å². The molecule has 2 N–H and O–H groups in total. The van der Waals surface area contributed by atoms with Crippen LogP contribution >= 0.6 is 22.7 Å². The van der Waals surface area contributed by atoms with Gasteiger partial charge < -0.3 is 0 Å². The van der Waals surface area contributed by atoms with Gasteiger partial charge in [-0.1, -0.05) is 48.5 Å². The van der Waals surface area contributed by atoms with E-state index in [4.69, 9.17) is 0 Å². The van der Waals surface area contributed by atoms with Crippen LogP contribution in [-0.2, 0) is 10.0 Å². The van der Waals surface area contributed by atoms with Crippen molar-refractivity contribution in [1.29, 1.82) is 0 Å². The topological polar surface area (TPSA) is 88.2 Å². The Morgan fingerprint density at radius 1 is 0.897 bits per heavy atom. The Balaban J connectivity index is 1.55. The number of amides is 1. The molecule has 2 heterocycles. The molecule has 0 aliphatic carbocycles. The van der Waals surface area contributed by atoms with E-state index in [1.165, 1.54) is 17.4 Å². The van der Waals surface area contributed by atoms with Crippen LogP contribution in [0.1, 0.15) is 10.4 Å². The van der Waals surface area contributed by atoms with Crippen LogP contribution in [0.5, 0.6) is 0 Å². The maximum Gasteiger partial charge on any atom is 0.271 e. The molecular formula is C20H15N3O3S3. The number of anilines is 2. The molecule has 0 fully saturated rings. The second kappa shape index (κ2) is 8.16. The fourth-order valence-electron chi connectivity index (χ4n) is 2.62. The minimum atomic E-state index is -3.76. The molecule has 0 aliphatic rings. The van der Waals surface area contributed by atoms with Crippen LogP contribution in [0, 0.1) is 0 Å². The fraction of sp³-hybridized carbons (Fsp3) is 0. The van der Waals surface area contributed by atoms with Crippen molar-refractivity contribution in [2.24, 2.45) is 0 Å². The Morgan fingerprint density at radius 2 is 1.66 bits per heavy atom. The van der Waals surface area contributed by atoms with Crippen molar-refractivity contribution in [3.05, 3.63) is 83.1 Å². The Kier molecular flexibility index (Phi) is 5.43. The number of thiophene rings is 1. The third-order valence-electron chi connectivity index (χ3n) is 3.97. The molecule has 4 aromatic rings.